The predicted octanol–water partition coefficient (Wildman–Crippen LogP) is 3.91. The number of thioether (sulfide) groups is 1. The number of carbonyl (C=O) groups is 2. The largest absolute Gasteiger partial charge is 0.475 e. The van der Waals surface area contributed by atoms with Crippen LogP contribution in [0, 0.1) is 10.1 Å². The first-order valence-electron chi connectivity index (χ1n) is 8.04. The summed E-state index contributed by atoms with van der Waals surface area (Å²) >= 11 is 0.742. The van der Waals surface area contributed by atoms with Crippen LogP contribution >= 0.6 is 11.8 Å². The molecule has 0 spiro atoms. The van der Waals surface area contributed by atoms with Gasteiger partial charge >= 0.3 is 5.51 Å². The van der Waals surface area contributed by atoms with Gasteiger partial charge in [0.25, 0.3) is 5.69 Å². The Morgan fingerprint density at radius 2 is 1.77 bits per heavy atom. The molecule has 0 heterocycles. The molecule has 0 aliphatic heterocycles. The van der Waals surface area contributed by atoms with Gasteiger partial charge in [-0.1, -0.05) is 6.07 Å². The number of amides is 2. The Labute approximate surface area is 174 Å². The quantitative estimate of drug-likeness (QED) is 0.367. The molecule has 0 aliphatic carbocycles. The summed E-state index contributed by atoms with van der Waals surface area (Å²) in [4.78, 5) is 32.7. The number of carbonyl (C=O) groups excluding carboxylic acids is 2. The van der Waals surface area contributed by atoms with E-state index in [1.807, 2.05) is 0 Å². The molecule has 2 aromatic rings. The van der Waals surface area contributed by atoms with Crippen molar-refractivity contribution in [2.45, 2.75) is 22.2 Å². The molecule has 30 heavy (non-hydrogen) atoms. The molecule has 160 valence electrons. The van der Waals surface area contributed by atoms with Crippen molar-refractivity contribution in [1.29, 1.82) is 0 Å². The molecule has 0 saturated carbocycles. The van der Waals surface area contributed by atoms with Gasteiger partial charge in [-0.15, -0.1) is 11.8 Å². The molecule has 0 aromatic heterocycles. The number of nitrogens with zero attached hydrogens (tertiary/aromatic N) is 1. The summed E-state index contributed by atoms with van der Waals surface area (Å²) in [5.41, 5.74) is -4.90. The average Bonchev–Trinajstić information content (AvgIpc) is 2.64. The predicted molar refractivity (Wildman–Crippen MR) is 106 cm³/mol. The van der Waals surface area contributed by atoms with E-state index in [2.05, 4.69) is 10.6 Å². The Kier molecular flexibility index (Phi) is 7.56. The van der Waals surface area contributed by atoms with E-state index in [-0.39, 0.29) is 16.6 Å². The molecule has 0 fully saturated rings. The number of anilines is 2. The lowest BCUT2D eigenvalue weighted by molar-refractivity contribution is -0.387. The lowest BCUT2D eigenvalue weighted by Crippen LogP contribution is -2.16. The number of rotatable bonds is 7. The normalized spacial score (nSPS) is 12.1. The van der Waals surface area contributed by atoms with Crippen molar-refractivity contribution >= 4 is 51.4 Å². The highest BCUT2D eigenvalue weighted by atomic mass is 32.2. The lowest BCUT2D eigenvalue weighted by atomic mass is 10.2. The Morgan fingerprint density at radius 3 is 2.33 bits per heavy atom. The second-order valence-corrected chi connectivity index (χ2v) is 8.19. The molecular formula is C17H14F3N3O5S2. The zero-order valence-corrected chi connectivity index (χ0v) is 16.8. The van der Waals surface area contributed by atoms with Gasteiger partial charge in [-0.25, -0.2) is 4.21 Å². The standard InChI is InChI=1S/C17H14F3N3O5S2/c1-10(24)21-11-3-2-4-12(7-11)22-16(25)9-29-15-6-5-13(8-14(15)23(26)27)30(28)17(18,19)20/h2-8H,9H2,1H3,(H,21,24)(H,22,25). The Balaban J connectivity index is 2.09. The molecule has 0 bridgehead atoms. The Morgan fingerprint density at radius 1 is 1.13 bits per heavy atom. The van der Waals surface area contributed by atoms with Gasteiger partial charge < -0.3 is 10.6 Å². The number of halogens is 3. The van der Waals surface area contributed by atoms with Gasteiger partial charge in [0.2, 0.25) is 11.8 Å². The molecule has 0 saturated heterocycles. The lowest BCUT2D eigenvalue weighted by Gasteiger charge is -2.09. The first-order chi connectivity index (χ1) is 14.0. The number of nitro benzene ring substituents is 1. The SMILES string of the molecule is CC(=O)Nc1cccc(NC(=O)CSc2ccc(S(=O)C(F)(F)F)cc2[N+](=O)[O-])c1. The van der Waals surface area contributed by atoms with Crippen LogP contribution in [0.1, 0.15) is 6.92 Å². The summed E-state index contributed by atoms with van der Waals surface area (Å²) in [6, 6.07) is 8.76. The van der Waals surface area contributed by atoms with Gasteiger partial charge in [-0.05, 0) is 30.3 Å². The fourth-order valence-corrected chi connectivity index (χ4v) is 3.71. The summed E-state index contributed by atoms with van der Waals surface area (Å²) < 4.78 is 49.1. The number of hydrogen-bond acceptors (Lipinski definition) is 6. The minimum atomic E-state index is -5.05. The average molecular weight is 461 g/mol. The Bertz CT molecular complexity index is 1010. The van der Waals surface area contributed by atoms with Gasteiger partial charge in [-0.3, -0.25) is 19.7 Å². The van der Waals surface area contributed by atoms with Gasteiger partial charge in [0.15, 0.2) is 10.8 Å². The zero-order chi connectivity index (χ0) is 22.5. The molecule has 0 aliphatic rings. The molecule has 8 nitrogen and oxygen atoms in total. The van der Waals surface area contributed by atoms with Crippen molar-refractivity contribution in [1.82, 2.24) is 0 Å². The van der Waals surface area contributed by atoms with E-state index >= 15 is 0 Å². The van der Waals surface area contributed by atoms with E-state index in [9.17, 15) is 37.1 Å². The van der Waals surface area contributed by atoms with E-state index in [0.29, 0.717) is 17.4 Å². The highest BCUT2D eigenvalue weighted by Gasteiger charge is 2.38. The van der Waals surface area contributed by atoms with Gasteiger partial charge in [0.05, 0.1) is 20.5 Å². The van der Waals surface area contributed by atoms with Crippen LogP contribution in [-0.4, -0.2) is 32.2 Å². The van der Waals surface area contributed by atoms with Crippen LogP contribution in [-0.2, 0) is 20.4 Å². The summed E-state index contributed by atoms with van der Waals surface area (Å²) in [6.45, 7) is 1.32. The van der Waals surface area contributed by atoms with Crippen LogP contribution in [0.2, 0.25) is 0 Å². The molecule has 2 amide bonds. The van der Waals surface area contributed by atoms with Crippen LogP contribution in [0.4, 0.5) is 30.2 Å². The highest BCUT2D eigenvalue weighted by molar-refractivity contribution is 8.00. The van der Waals surface area contributed by atoms with Crippen molar-refractivity contribution in [3.63, 3.8) is 0 Å². The third-order valence-electron chi connectivity index (χ3n) is 3.38. The summed E-state index contributed by atoms with van der Waals surface area (Å²) in [5, 5.41) is 16.3. The first kappa shape index (κ1) is 23.3. The number of hydrogen-bond donors (Lipinski definition) is 2. The van der Waals surface area contributed by atoms with Crippen molar-refractivity contribution in [3.8, 4) is 0 Å². The van der Waals surface area contributed by atoms with Gasteiger partial charge in [0, 0.05) is 24.4 Å². The molecule has 1 unspecified atom stereocenters. The highest BCUT2D eigenvalue weighted by Crippen LogP contribution is 2.34. The molecule has 2 rings (SSSR count). The molecule has 2 N–H and O–H groups in total. The van der Waals surface area contributed by atoms with Crippen molar-refractivity contribution < 1.29 is 31.9 Å². The monoisotopic (exact) mass is 461 g/mol. The molecule has 13 heteroatoms. The van der Waals surface area contributed by atoms with Crippen LogP contribution in [0.5, 0.6) is 0 Å². The van der Waals surface area contributed by atoms with Crippen molar-refractivity contribution in [3.05, 3.63) is 52.6 Å². The third kappa shape index (κ3) is 6.56. The Hall–Kier alpha value is -2.93. The first-order valence-corrected chi connectivity index (χ1v) is 10.2. The van der Waals surface area contributed by atoms with E-state index < -0.39 is 37.7 Å². The topological polar surface area (TPSA) is 118 Å². The molecular weight excluding hydrogens is 447 g/mol. The maximum Gasteiger partial charge on any atom is 0.475 e. The van der Waals surface area contributed by atoms with E-state index in [1.165, 1.54) is 13.0 Å². The number of nitro groups is 1. The maximum atomic E-state index is 12.6. The summed E-state index contributed by atoms with van der Waals surface area (Å²) in [6.07, 6.45) is 0. The fourth-order valence-electron chi connectivity index (χ4n) is 2.23. The minimum Gasteiger partial charge on any atom is -0.326 e. The second-order valence-electron chi connectivity index (χ2n) is 5.70. The summed E-state index contributed by atoms with van der Waals surface area (Å²) in [5.74, 6) is -1.10. The van der Waals surface area contributed by atoms with E-state index in [0.717, 1.165) is 23.9 Å². The number of benzene rings is 2. The minimum absolute atomic E-state index is 0.0509. The molecule has 1 atom stereocenters. The van der Waals surface area contributed by atoms with Gasteiger partial charge in [-0.2, -0.15) is 13.2 Å². The van der Waals surface area contributed by atoms with Crippen LogP contribution in [0.15, 0.2) is 52.3 Å². The maximum absolute atomic E-state index is 12.6. The number of alkyl halides is 3. The molecule has 2 aromatic carbocycles. The third-order valence-corrected chi connectivity index (χ3v) is 5.54. The smallest absolute Gasteiger partial charge is 0.326 e. The van der Waals surface area contributed by atoms with E-state index in [4.69, 9.17) is 0 Å². The second kappa shape index (κ2) is 9.71. The van der Waals surface area contributed by atoms with Crippen molar-refractivity contribution in [2.75, 3.05) is 16.4 Å². The van der Waals surface area contributed by atoms with Gasteiger partial charge in [0.1, 0.15) is 0 Å². The summed E-state index contributed by atoms with van der Waals surface area (Å²) in [7, 11) is -3.40. The zero-order valence-electron chi connectivity index (χ0n) is 15.2. The van der Waals surface area contributed by atoms with Crippen LogP contribution in [0.25, 0.3) is 0 Å². The molecule has 0 radical (unpaired) electrons. The van der Waals surface area contributed by atoms with Crippen LogP contribution < -0.4 is 10.6 Å². The van der Waals surface area contributed by atoms with Crippen molar-refractivity contribution in [2.24, 2.45) is 0 Å². The number of nitrogens with one attached hydrogen (secondary N) is 2. The van der Waals surface area contributed by atoms with Crippen LogP contribution in [0.3, 0.4) is 0 Å². The fraction of sp³-hybridized carbons (Fsp3) is 0.176. The van der Waals surface area contributed by atoms with E-state index in [1.54, 1.807) is 18.2 Å².